The Labute approximate surface area is 127 Å². The van der Waals surface area contributed by atoms with E-state index >= 15 is 0 Å². The third kappa shape index (κ3) is 3.60. The van der Waals surface area contributed by atoms with Gasteiger partial charge in [0.05, 0.1) is 0 Å². The van der Waals surface area contributed by atoms with Crippen LogP contribution in [0.3, 0.4) is 0 Å². The zero-order valence-electron chi connectivity index (χ0n) is 14.0. The van der Waals surface area contributed by atoms with Crippen LogP contribution in [0, 0.1) is 5.92 Å². The average molecular weight is 314 g/mol. The normalized spacial score (nSPS) is 32.0. The van der Waals surface area contributed by atoms with Crippen LogP contribution < -0.4 is 0 Å². The molecular weight excluding hydrogens is 288 g/mol. The molecule has 0 aromatic heterocycles. The molecule has 0 spiro atoms. The average Bonchev–Trinajstić information content (AvgIpc) is 2.21. The molecule has 0 fully saturated rings. The molecule has 120 valence electrons. The van der Waals surface area contributed by atoms with Gasteiger partial charge in [0.1, 0.15) is 5.57 Å². The summed E-state index contributed by atoms with van der Waals surface area (Å²) in [6.07, 6.45) is 1.44. The fourth-order valence-corrected chi connectivity index (χ4v) is 4.34. The van der Waals surface area contributed by atoms with Crippen molar-refractivity contribution in [1.29, 1.82) is 0 Å². The molecule has 2 aliphatic heterocycles. The number of cyclic esters (lactones) is 1. The van der Waals surface area contributed by atoms with E-state index in [-0.39, 0.29) is 17.8 Å². The maximum absolute atomic E-state index is 12.2. The van der Waals surface area contributed by atoms with Crippen molar-refractivity contribution in [2.75, 3.05) is 0 Å². The quantitative estimate of drug-likeness (QED) is 0.589. The fraction of sp³-hybridized carbons (Fsp3) is 0.800. The van der Waals surface area contributed by atoms with Crippen molar-refractivity contribution in [3.05, 3.63) is 11.5 Å². The predicted molar refractivity (Wildman–Crippen MR) is 80.6 cm³/mol. The Morgan fingerprint density at radius 3 is 2.33 bits per heavy atom. The topological polar surface area (TPSA) is 54.0 Å². The smallest absolute Gasteiger partial charge is 0.344 e. The minimum Gasteiger partial charge on any atom is -0.434 e. The number of ether oxygens (including phenoxy) is 3. The Hall–Kier alpha value is -1.01. The lowest BCUT2D eigenvalue weighted by atomic mass is 9.87. The first-order valence-corrected chi connectivity index (χ1v) is 10.9. The van der Waals surface area contributed by atoms with Crippen molar-refractivity contribution in [3.63, 3.8) is 0 Å². The van der Waals surface area contributed by atoms with Crippen LogP contribution in [0.15, 0.2) is 11.5 Å². The molecule has 0 amide bonds. The number of esters is 1. The summed E-state index contributed by atoms with van der Waals surface area (Å²) in [6, 6.07) is 0. The maximum Gasteiger partial charge on any atom is 0.344 e. The lowest BCUT2D eigenvalue weighted by Crippen LogP contribution is -2.50. The highest BCUT2D eigenvalue weighted by Crippen LogP contribution is 2.44. The fourth-order valence-electron chi connectivity index (χ4n) is 2.92. The van der Waals surface area contributed by atoms with Gasteiger partial charge in [-0.25, -0.2) is 4.79 Å². The number of carbonyl (C=O) groups is 1. The van der Waals surface area contributed by atoms with Gasteiger partial charge in [0.15, 0.2) is 8.32 Å². The molecule has 2 unspecified atom stereocenters. The van der Waals surface area contributed by atoms with Crippen molar-refractivity contribution < 1.29 is 23.4 Å². The second kappa shape index (κ2) is 5.02. The minimum absolute atomic E-state index is 0.0266. The van der Waals surface area contributed by atoms with Gasteiger partial charge in [-0.05, 0) is 26.1 Å². The van der Waals surface area contributed by atoms with E-state index in [1.165, 1.54) is 0 Å². The van der Waals surface area contributed by atoms with Crippen molar-refractivity contribution in [2.24, 2.45) is 5.92 Å². The molecule has 0 N–H and O–H groups in total. The number of hydrogen-bond donors (Lipinski definition) is 0. The molecular formula is C15H26O5Si. The summed E-state index contributed by atoms with van der Waals surface area (Å²) in [7, 11) is -1.79. The minimum atomic E-state index is -1.79. The molecule has 2 heterocycles. The Bertz CT molecular complexity index is 477. The zero-order chi connectivity index (χ0) is 16.1. The van der Waals surface area contributed by atoms with Gasteiger partial charge in [-0.3, -0.25) is 0 Å². The van der Waals surface area contributed by atoms with E-state index < -0.39 is 19.9 Å². The summed E-state index contributed by atoms with van der Waals surface area (Å²) in [5.41, 5.74) is 0.508. The lowest BCUT2D eigenvalue weighted by Gasteiger charge is -2.45. The van der Waals surface area contributed by atoms with Crippen LogP contribution in [0.4, 0.5) is 0 Å². The number of rotatable bonds is 3. The highest BCUT2D eigenvalue weighted by atomic mass is 28.4. The van der Waals surface area contributed by atoms with Crippen LogP contribution in [0.5, 0.6) is 0 Å². The van der Waals surface area contributed by atoms with Crippen LogP contribution in [0.2, 0.25) is 19.6 Å². The highest BCUT2D eigenvalue weighted by molar-refractivity contribution is 6.69. The summed E-state index contributed by atoms with van der Waals surface area (Å²) < 4.78 is 23.2. The van der Waals surface area contributed by atoms with Gasteiger partial charge in [-0.15, -0.1) is 0 Å². The van der Waals surface area contributed by atoms with Crippen molar-refractivity contribution in [2.45, 2.75) is 71.8 Å². The van der Waals surface area contributed by atoms with E-state index in [0.717, 1.165) is 6.42 Å². The van der Waals surface area contributed by atoms with Gasteiger partial charge >= 0.3 is 5.97 Å². The van der Waals surface area contributed by atoms with Crippen LogP contribution in [0.1, 0.15) is 40.5 Å². The molecule has 5 nitrogen and oxygen atoms in total. The monoisotopic (exact) mass is 314 g/mol. The lowest BCUT2D eigenvalue weighted by molar-refractivity contribution is -0.272. The Morgan fingerprint density at radius 2 is 1.81 bits per heavy atom. The molecule has 0 aromatic rings. The molecule has 0 saturated heterocycles. The maximum atomic E-state index is 12.2. The third-order valence-corrected chi connectivity index (χ3v) is 4.51. The first-order valence-electron chi connectivity index (χ1n) is 7.50. The van der Waals surface area contributed by atoms with E-state index in [2.05, 4.69) is 19.6 Å². The van der Waals surface area contributed by atoms with Gasteiger partial charge in [-0.2, -0.15) is 0 Å². The summed E-state index contributed by atoms with van der Waals surface area (Å²) in [5, 5.41) is 0. The Balaban J connectivity index is 2.36. The van der Waals surface area contributed by atoms with Crippen LogP contribution in [-0.2, 0) is 23.4 Å². The van der Waals surface area contributed by atoms with E-state index in [4.69, 9.17) is 18.6 Å². The van der Waals surface area contributed by atoms with Gasteiger partial charge < -0.3 is 18.6 Å². The third-order valence-electron chi connectivity index (χ3n) is 3.47. The summed E-state index contributed by atoms with van der Waals surface area (Å²) >= 11 is 0. The van der Waals surface area contributed by atoms with Crippen molar-refractivity contribution in [3.8, 4) is 0 Å². The summed E-state index contributed by atoms with van der Waals surface area (Å²) in [6.45, 7) is 13.7. The van der Waals surface area contributed by atoms with Crippen molar-refractivity contribution in [1.82, 2.24) is 0 Å². The molecule has 6 heteroatoms. The molecule has 0 aliphatic carbocycles. The molecule has 0 radical (unpaired) electrons. The Morgan fingerprint density at radius 1 is 1.19 bits per heavy atom. The van der Waals surface area contributed by atoms with E-state index in [9.17, 15) is 4.79 Å². The van der Waals surface area contributed by atoms with Gasteiger partial charge in [0, 0.05) is 33.1 Å². The van der Waals surface area contributed by atoms with Crippen molar-refractivity contribution >= 4 is 14.3 Å². The molecule has 21 heavy (non-hydrogen) atoms. The zero-order valence-corrected chi connectivity index (χ0v) is 15.0. The van der Waals surface area contributed by atoms with Gasteiger partial charge in [0.2, 0.25) is 5.79 Å². The molecule has 2 rings (SSSR count). The predicted octanol–water partition coefficient (Wildman–Crippen LogP) is 3.52. The van der Waals surface area contributed by atoms with Gasteiger partial charge in [-0.1, -0.05) is 6.92 Å². The second-order valence-corrected chi connectivity index (χ2v) is 11.8. The largest absolute Gasteiger partial charge is 0.434 e. The Kier molecular flexibility index (Phi) is 3.91. The van der Waals surface area contributed by atoms with Crippen LogP contribution >= 0.6 is 0 Å². The van der Waals surface area contributed by atoms with Crippen LogP contribution in [-0.4, -0.2) is 25.9 Å². The highest BCUT2D eigenvalue weighted by Gasteiger charge is 2.49. The van der Waals surface area contributed by atoms with Gasteiger partial charge in [0.25, 0.3) is 11.7 Å². The molecule has 0 saturated carbocycles. The SMILES string of the molecule is CCC1CC(C)(O[Si](C)(C)C)OC2=C1C(=O)OC(C)(C)O2. The standard InChI is InChI=1S/C15H26O5Si/c1-8-10-9-15(4,20-21(5,6)7)19-13-11(10)12(16)17-14(2,3)18-13/h10H,8-9H2,1-7H3. The molecule has 2 aliphatic rings. The van der Waals surface area contributed by atoms with E-state index in [0.29, 0.717) is 12.0 Å². The molecule has 0 aromatic carbocycles. The van der Waals surface area contributed by atoms with E-state index in [1.54, 1.807) is 13.8 Å². The van der Waals surface area contributed by atoms with E-state index in [1.807, 2.05) is 13.8 Å². The van der Waals surface area contributed by atoms with Crippen LogP contribution in [0.25, 0.3) is 0 Å². The molecule has 2 atom stereocenters. The second-order valence-electron chi connectivity index (χ2n) is 7.35. The number of carbonyl (C=O) groups excluding carboxylic acids is 1. The first-order chi connectivity index (χ1) is 9.45. The summed E-state index contributed by atoms with van der Waals surface area (Å²) in [5.74, 6) is -1.81. The summed E-state index contributed by atoms with van der Waals surface area (Å²) in [4.78, 5) is 12.2. The molecule has 0 bridgehead atoms. The number of hydrogen-bond acceptors (Lipinski definition) is 5. The first kappa shape index (κ1) is 16.4.